The zero-order valence-electron chi connectivity index (χ0n) is 12.3. The zero-order valence-corrected chi connectivity index (χ0v) is 12.3. The fourth-order valence-electron chi connectivity index (χ4n) is 2.99. The van der Waals surface area contributed by atoms with Crippen LogP contribution in [-0.4, -0.2) is 26.7 Å². The molecule has 3 rings (SSSR count). The average molecular weight is 271 g/mol. The predicted octanol–water partition coefficient (Wildman–Crippen LogP) is 3.04. The zero-order chi connectivity index (χ0) is 14.3. The van der Waals surface area contributed by atoms with Gasteiger partial charge in [0.15, 0.2) is 0 Å². The summed E-state index contributed by atoms with van der Waals surface area (Å²) in [5, 5.41) is 0. The number of imidazole rings is 1. The molecule has 0 aliphatic carbocycles. The first kappa shape index (κ1) is 13.2. The molecule has 0 saturated carbocycles. The summed E-state index contributed by atoms with van der Waals surface area (Å²) < 4.78 is 2.10. The summed E-state index contributed by atoms with van der Waals surface area (Å²) in [6.45, 7) is 6.82. The highest BCUT2D eigenvalue weighted by molar-refractivity contribution is 5.82. The van der Waals surface area contributed by atoms with Gasteiger partial charge in [-0.1, -0.05) is 26.8 Å². The van der Waals surface area contributed by atoms with Gasteiger partial charge < -0.3 is 9.30 Å². The van der Waals surface area contributed by atoms with Gasteiger partial charge in [-0.3, -0.25) is 4.79 Å². The van der Waals surface area contributed by atoms with Gasteiger partial charge >= 0.3 is 0 Å². The van der Waals surface area contributed by atoms with Crippen molar-refractivity contribution < 1.29 is 4.79 Å². The van der Waals surface area contributed by atoms with E-state index < -0.39 is 0 Å². The van der Waals surface area contributed by atoms with Gasteiger partial charge in [-0.25, -0.2) is 4.98 Å². The van der Waals surface area contributed by atoms with Crippen molar-refractivity contribution in [2.24, 2.45) is 5.41 Å². The highest BCUT2D eigenvalue weighted by Gasteiger charge is 2.36. The molecule has 4 nitrogen and oxygen atoms in total. The van der Waals surface area contributed by atoms with Crippen LogP contribution in [0.5, 0.6) is 0 Å². The molecular formula is C16H21N3O. The molecule has 3 heterocycles. The van der Waals surface area contributed by atoms with Gasteiger partial charge in [0.2, 0.25) is 5.91 Å². The quantitative estimate of drug-likeness (QED) is 0.799. The molecule has 1 fully saturated rings. The molecule has 106 valence electrons. The Balaban J connectivity index is 2.01. The Morgan fingerprint density at radius 1 is 1.35 bits per heavy atom. The number of rotatable bonds is 1. The Bertz CT molecular complexity index is 638. The van der Waals surface area contributed by atoms with E-state index in [0.717, 1.165) is 30.7 Å². The maximum Gasteiger partial charge on any atom is 0.228 e. The predicted molar refractivity (Wildman–Crippen MR) is 78.3 cm³/mol. The van der Waals surface area contributed by atoms with E-state index in [1.807, 2.05) is 50.2 Å². The summed E-state index contributed by atoms with van der Waals surface area (Å²) in [5.41, 5.74) is 1.78. The van der Waals surface area contributed by atoms with Crippen LogP contribution >= 0.6 is 0 Å². The third-order valence-electron chi connectivity index (χ3n) is 3.96. The highest BCUT2D eigenvalue weighted by atomic mass is 16.2. The number of carbonyl (C=O) groups excluding carboxylic acids is 1. The smallest absolute Gasteiger partial charge is 0.228 e. The van der Waals surface area contributed by atoms with E-state index >= 15 is 0 Å². The second kappa shape index (κ2) is 4.62. The SMILES string of the molecule is CC(C)(C)C(=O)N1CCC[C@H]1c1cccc2nccn12. The maximum atomic E-state index is 12.6. The number of hydrogen-bond acceptors (Lipinski definition) is 2. The van der Waals surface area contributed by atoms with Crippen LogP contribution in [0.3, 0.4) is 0 Å². The van der Waals surface area contributed by atoms with Crippen LogP contribution in [0.2, 0.25) is 0 Å². The van der Waals surface area contributed by atoms with Crippen LogP contribution in [0.15, 0.2) is 30.6 Å². The molecule has 2 aromatic heterocycles. The molecule has 4 heteroatoms. The molecule has 2 aromatic rings. The lowest BCUT2D eigenvalue weighted by atomic mass is 9.94. The largest absolute Gasteiger partial charge is 0.334 e. The Morgan fingerprint density at radius 2 is 2.15 bits per heavy atom. The van der Waals surface area contributed by atoms with Crippen LogP contribution < -0.4 is 0 Å². The highest BCUT2D eigenvalue weighted by Crippen LogP contribution is 2.35. The first-order valence-electron chi connectivity index (χ1n) is 7.21. The standard InChI is InChI=1S/C16H21N3O/c1-16(2,3)15(20)19-10-5-7-13(19)12-6-4-8-14-17-9-11-18(12)14/h4,6,8-9,11,13H,5,7,10H2,1-3H3/t13-/m0/s1. The minimum absolute atomic E-state index is 0.166. The molecule has 0 aromatic carbocycles. The van der Waals surface area contributed by atoms with E-state index in [4.69, 9.17) is 0 Å². The summed E-state index contributed by atoms with van der Waals surface area (Å²) in [7, 11) is 0. The third-order valence-corrected chi connectivity index (χ3v) is 3.96. The monoisotopic (exact) mass is 271 g/mol. The Morgan fingerprint density at radius 3 is 2.90 bits per heavy atom. The van der Waals surface area contributed by atoms with Crippen molar-refractivity contribution in [2.45, 2.75) is 39.7 Å². The number of aromatic nitrogens is 2. The fraction of sp³-hybridized carbons (Fsp3) is 0.500. The van der Waals surface area contributed by atoms with Crippen LogP contribution in [0, 0.1) is 5.41 Å². The van der Waals surface area contributed by atoms with Gasteiger partial charge in [-0.05, 0) is 25.0 Å². The van der Waals surface area contributed by atoms with Crippen LogP contribution in [0.25, 0.3) is 5.65 Å². The normalized spacial score (nSPS) is 19.8. The van der Waals surface area contributed by atoms with Crippen molar-refractivity contribution in [2.75, 3.05) is 6.54 Å². The van der Waals surface area contributed by atoms with E-state index in [9.17, 15) is 4.79 Å². The van der Waals surface area contributed by atoms with Crippen molar-refractivity contribution in [1.82, 2.24) is 14.3 Å². The topological polar surface area (TPSA) is 37.6 Å². The minimum Gasteiger partial charge on any atom is -0.334 e. The number of nitrogens with zero attached hydrogens (tertiary/aromatic N) is 3. The summed E-state index contributed by atoms with van der Waals surface area (Å²) >= 11 is 0. The molecule has 1 atom stereocenters. The molecule has 1 saturated heterocycles. The van der Waals surface area contributed by atoms with Crippen molar-refractivity contribution in [3.8, 4) is 0 Å². The molecule has 0 radical (unpaired) electrons. The number of fused-ring (bicyclic) bond motifs is 1. The summed E-state index contributed by atoms with van der Waals surface area (Å²) in [6, 6.07) is 6.29. The van der Waals surface area contributed by atoms with Gasteiger partial charge in [0.1, 0.15) is 5.65 Å². The Labute approximate surface area is 119 Å². The second-order valence-corrected chi connectivity index (χ2v) is 6.51. The van der Waals surface area contributed by atoms with Crippen molar-refractivity contribution in [3.63, 3.8) is 0 Å². The third kappa shape index (κ3) is 2.09. The van der Waals surface area contributed by atoms with Crippen LogP contribution in [0.4, 0.5) is 0 Å². The maximum absolute atomic E-state index is 12.6. The van der Waals surface area contributed by atoms with Crippen LogP contribution in [0.1, 0.15) is 45.3 Å². The van der Waals surface area contributed by atoms with E-state index in [1.54, 1.807) is 0 Å². The summed E-state index contributed by atoms with van der Waals surface area (Å²) in [5.74, 6) is 0.233. The van der Waals surface area contributed by atoms with Gasteiger partial charge in [-0.15, -0.1) is 0 Å². The fourth-order valence-corrected chi connectivity index (χ4v) is 2.99. The first-order chi connectivity index (χ1) is 9.48. The summed E-state index contributed by atoms with van der Waals surface area (Å²) in [6.07, 6.45) is 5.88. The van der Waals surface area contributed by atoms with Crippen molar-refractivity contribution in [1.29, 1.82) is 0 Å². The second-order valence-electron chi connectivity index (χ2n) is 6.51. The molecule has 0 bridgehead atoms. The van der Waals surface area contributed by atoms with Crippen LogP contribution in [-0.2, 0) is 4.79 Å². The lowest BCUT2D eigenvalue weighted by Gasteiger charge is -2.31. The number of hydrogen-bond donors (Lipinski definition) is 0. The van der Waals surface area contributed by atoms with E-state index in [2.05, 4.69) is 15.5 Å². The van der Waals surface area contributed by atoms with Gasteiger partial charge in [-0.2, -0.15) is 0 Å². The number of carbonyl (C=O) groups is 1. The molecule has 1 aliphatic rings. The average Bonchev–Trinajstić information content (AvgIpc) is 3.04. The lowest BCUT2D eigenvalue weighted by molar-refractivity contribution is -0.140. The van der Waals surface area contributed by atoms with E-state index in [-0.39, 0.29) is 17.4 Å². The van der Waals surface area contributed by atoms with Crippen molar-refractivity contribution in [3.05, 3.63) is 36.3 Å². The summed E-state index contributed by atoms with van der Waals surface area (Å²) in [4.78, 5) is 19.0. The van der Waals surface area contributed by atoms with Gasteiger partial charge in [0.05, 0.1) is 6.04 Å². The number of likely N-dealkylation sites (tertiary alicyclic amines) is 1. The molecule has 1 aliphatic heterocycles. The van der Waals surface area contributed by atoms with E-state index in [1.165, 1.54) is 0 Å². The minimum atomic E-state index is -0.328. The van der Waals surface area contributed by atoms with Gasteiger partial charge in [0.25, 0.3) is 0 Å². The lowest BCUT2D eigenvalue weighted by Crippen LogP contribution is -2.39. The Hall–Kier alpha value is -1.84. The number of amides is 1. The Kier molecular flexibility index (Phi) is 3.04. The molecule has 20 heavy (non-hydrogen) atoms. The van der Waals surface area contributed by atoms with E-state index in [0.29, 0.717) is 0 Å². The molecule has 0 N–H and O–H groups in total. The molecule has 0 spiro atoms. The molecule has 1 amide bonds. The van der Waals surface area contributed by atoms with Gasteiger partial charge in [0, 0.05) is 30.0 Å². The molecule has 0 unspecified atom stereocenters. The first-order valence-corrected chi connectivity index (χ1v) is 7.21. The van der Waals surface area contributed by atoms with Crippen molar-refractivity contribution >= 4 is 11.6 Å². The number of pyridine rings is 1. The molecular weight excluding hydrogens is 250 g/mol.